The average molecular weight is 188 g/mol. The Labute approximate surface area is 77.5 Å². The first-order valence-electron chi connectivity index (χ1n) is 4.48. The van der Waals surface area contributed by atoms with Crippen LogP contribution in [0.15, 0.2) is 5.16 Å². The van der Waals surface area contributed by atoms with Crippen molar-refractivity contribution in [2.24, 2.45) is 10.9 Å². The zero-order valence-corrected chi connectivity index (χ0v) is 7.77. The minimum Gasteiger partial charge on any atom is -0.409 e. The summed E-state index contributed by atoms with van der Waals surface area (Å²) in [6.45, 7) is 2.46. The van der Waals surface area contributed by atoms with Gasteiger partial charge in [0.05, 0.1) is 0 Å². The van der Waals surface area contributed by atoms with Crippen LogP contribution >= 0.6 is 0 Å². The summed E-state index contributed by atoms with van der Waals surface area (Å²) in [6, 6.07) is 0. The Morgan fingerprint density at radius 2 is 2.46 bits per heavy atom. The van der Waals surface area contributed by atoms with Crippen molar-refractivity contribution in [3.05, 3.63) is 0 Å². The molecule has 13 heavy (non-hydrogen) atoms. The van der Waals surface area contributed by atoms with Gasteiger partial charge in [0.2, 0.25) is 0 Å². The van der Waals surface area contributed by atoms with Crippen molar-refractivity contribution < 1.29 is 14.7 Å². The molecule has 0 aromatic carbocycles. The first-order valence-corrected chi connectivity index (χ1v) is 4.48. The number of amidine groups is 1. The van der Waals surface area contributed by atoms with Gasteiger partial charge in [-0.1, -0.05) is 5.16 Å². The molecule has 3 N–H and O–H groups in total. The van der Waals surface area contributed by atoms with Crippen LogP contribution in [0.5, 0.6) is 0 Å². The summed E-state index contributed by atoms with van der Waals surface area (Å²) in [5.41, 5.74) is 5.35. The molecule has 1 fully saturated rings. The van der Waals surface area contributed by atoms with Crippen LogP contribution in [0.3, 0.4) is 0 Å². The minimum absolute atomic E-state index is 0.0779. The molecular weight excluding hydrogens is 172 g/mol. The van der Waals surface area contributed by atoms with Gasteiger partial charge in [0.25, 0.3) is 0 Å². The molecule has 0 saturated carbocycles. The summed E-state index contributed by atoms with van der Waals surface area (Å²) in [5, 5.41) is 11.2. The molecule has 0 aromatic rings. The summed E-state index contributed by atoms with van der Waals surface area (Å²) >= 11 is 0. The van der Waals surface area contributed by atoms with Crippen molar-refractivity contribution in [1.29, 1.82) is 0 Å². The Balaban J connectivity index is 2.30. The van der Waals surface area contributed by atoms with Crippen molar-refractivity contribution >= 4 is 5.84 Å². The van der Waals surface area contributed by atoms with Crippen LogP contribution < -0.4 is 5.73 Å². The zero-order chi connectivity index (χ0) is 9.68. The van der Waals surface area contributed by atoms with Gasteiger partial charge in [-0.15, -0.1) is 0 Å². The second-order valence-electron chi connectivity index (χ2n) is 3.10. The molecular formula is C8H16N2O3. The van der Waals surface area contributed by atoms with E-state index in [0.717, 1.165) is 25.9 Å². The van der Waals surface area contributed by atoms with E-state index < -0.39 is 6.10 Å². The van der Waals surface area contributed by atoms with Crippen molar-refractivity contribution in [3.8, 4) is 0 Å². The van der Waals surface area contributed by atoms with Gasteiger partial charge in [0.1, 0.15) is 6.10 Å². The third-order valence-electron chi connectivity index (χ3n) is 2.03. The van der Waals surface area contributed by atoms with Gasteiger partial charge in [-0.05, 0) is 26.2 Å². The maximum atomic E-state index is 8.38. The molecule has 0 aromatic heterocycles. The van der Waals surface area contributed by atoms with E-state index in [1.165, 1.54) is 0 Å². The monoisotopic (exact) mass is 188 g/mol. The minimum atomic E-state index is -0.395. The average Bonchev–Trinajstić information content (AvgIpc) is 2.18. The normalized spacial score (nSPS) is 27.2. The molecule has 76 valence electrons. The molecule has 0 radical (unpaired) electrons. The van der Waals surface area contributed by atoms with E-state index in [9.17, 15) is 0 Å². The lowest BCUT2D eigenvalue weighted by molar-refractivity contribution is -0.171. The Bertz CT molecular complexity index is 178. The first-order chi connectivity index (χ1) is 6.24. The maximum absolute atomic E-state index is 8.38. The molecule has 0 amide bonds. The predicted molar refractivity (Wildman–Crippen MR) is 47.5 cm³/mol. The fourth-order valence-electron chi connectivity index (χ4n) is 1.20. The van der Waals surface area contributed by atoms with Gasteiger partial charge in [-0.2, -0.15) is 0 Å². The molecule has 1 aliphatic rings. The third-order valence-corrected chi connectivity index (χ3v) is 2.03. The highest BCUT2D eigenvalue weighted by atomic mass is 16.7. The molecule has 1 saturated heterocycles. The molecule has 0 aliphatic carbocycles. The van der Waals surface area contributed by atoms with Gasteiger partial charge in [-0.3, -0.25) is 0 Å². The van der Waals surface area contributed by atoms with Gasteiger partial charge in [-0.25, -0.2) is 0 Å². The van der Waals surface area contributed by atoms with Crippen molar-refractivity contribution in [3.63, 3.8) is 0 Å². The Kier molecular flexibility index (Phi) is 3.98. The fourth-order valence-corrected chi connectivity index (χ4v) is 1.20. The van der Waals surface area contributed by atoms with Gasteiger partial charge < -0.3 is 20.4 Å². The molecule has 1 heterocycles. The summed E-state index contributed by atoms with van der Waals surface area (Å²) in [5.74, 6) is 0.0779. The maximum Gasteiger partial charge on any atom is 0.168 e. The molecule has 5 heteroatoms. The topological polar surface area (TPSA) is 77.1 Å². The Hall–Kier alpha value is -0.810. The van der Waals surface area contributed by atoms with Crippen molar-refractivity contribution in [2.45, 2.75) is 38.6 Å². The number of nitrogens with zero attached hydrogens (tertiary/aromatic N) is 1. The highest BCUT2D eigenvalue weighted by Crippen LogP contribution is 2.15. The number of hydrogen-bond acceptors (Lipinski definition) is 4. The SMILES string of the molecule is CC(OC1CCCCO1)/C(N)=N\O. The van der Waals surface area contributed by atoms with E-state index in [1.54, 1.807) is 6.92 Å². The second kappa shape index (κ2) is 5.04. The van der Waals surface area contributed by atoms with E-state index in [4.69, 9.17) is 20.4 Å². The summed E-state index contributed by atoms with van der Waals surface area (Å²) < 4.78 is 10.7. The zero-order valence-electron chi connectivity index (χ0n) is 7.77. The summed E-state index contributed by atoms with van der Waals surface area (Å²) in [7, 11) is 0. The van der Waals surface area contributed by atoms with Crippen LogP contribution in [0.1, 0.15) is 26.2 Å². The number of oxime groups is 1. The predicted octanol–water partition coefficient (Wildman–Crippen LogP) is 0.665. The third kappa shape index (κ3) is 3.20. The molecule has 1 aliphatic heterocycles. The number of ether oxygens (including phenoxy) is 2. The molecule has 1 rings (SSSR count). The van der Waals surface area contributed by atoms with Crippen LogP contribution in [0.4, 0.5) is 0 Å². The number of nitrogens with two attached hydrogens (primary N) is 1. The van der Waals surface area contributed by atoms with Crippen molar-refractivity contribution in [2.75, 3.05) is 6.61 Å². The van der Waals surface area contributed by atoms with E-state index in [-0.39, 0.29) is 12.1 Å². The highest BCUT2D eigenvalue weighted by Gasteiger charge is 2.19. The molecule has 2 unspecified atom stereocenters. The largest absolute Gasteiger partial charge is 0.409 e. The van der Waals surface area contributed by atoms with E-state index in [2.05, 4.69) is 5.16 Å². The number of hydrogen-bond donors (Lipinski definition) is 2. The standard InChI is InChI=1S/C8H16N2O3/c1-6(8(9)10-11)13-7-4-2-3-5-12-7/h6-7,11H,2-5H2,1H3,(H2,9,10). The Morgan fingerprint density at radius 1 is 1.69 bits per heavy atom. The molecule has 0 spiro atoms. The highest BCUT2D eigenvalue weighted by molar-refractivity contribution is 5.83. The number of rotatable bonds is 3. The van der Waals surface area contributed by atoms with Gasteiger partial charge in [0, 0.05) is 6.61 Å². The van der Waals surface area contributed by atoms with Crippen LogP contribution in [0.25, 0.3) is 0 Å². The van der Waals surface area contributed by atoms with Gasteiger partial charge in [0.15, 0.2) is 12.1 Å². The quantitative estimate of drug-likeness (QED) is 0.295. The van der Waals surface area contributed by atoms with E-state index in [1.807, 2.05) is 0 Å². The van der Waals surface area contributed by atoms with Gasteiger partial charge >= 0.3 is 0 Å². The molecule has 2 atom stereocenters. The fraction of sp³-hybridized carbons (Fsp3) is 0.875. The van der Waals surface area contributed by atoms with Crippen LogP contribution in [0.2, 0.25) is 0 Å². The lowest BCUT2D eigenvalue weighted by Gasteiger charge is -2.25. The van der Waals surface area contributed by atoms with E-state index >= 15 is 0 Å². The van der Waals surface area contributed by atoms with Crippen molar-refractivity contribution in [1.82, 2.24) is 0 Å². The second-order valence-corrected chi connectivity index (χ2v) is 3.10. The molecule has 0 bridgehead atoms. The molecule has 5 nitrogen and oxygen atoms in total. The lowest BCUT2D eigenvalue weighted by atomic mass is 10.2. The lowest BCUT2D eigenvalue weighted by Crippen LogP contribution is -2.34. The summed E-state index contributed by atoms with van der Waals surface area (Å²) in [4.78, 5) is 0. The Morgan fingerprint density at radius 3 is 3.00 bits per heavy atom. The first kappa shape index (κ1) is 10.3. The smallest absolute Gasteiger partial charge is 0.168 e. The van der Waals surface area contributed by atoms with Crippen LogP contribution in [-0.2, 0) is 9.47 Å². The summed E-state index contributed by atoms with van der Waals surface area (Å²) in [6.07, 6.45) is 2.46. The van der Waals surface area contributed by atoms with Crippen LogP contribution in [0, 0.1) is 0 Å². The van der Waals surface area contributed by atoms with E-state index in [0.29, 0.717) is 0 Å². The van der Waals surface area contributed by atoms with Crippen LogP contribution in [-0.4, -0.2) is 30.0 Å².